The van der Waals surface area contributed by atoms with Crippen LogP contribution in [0.15, 0.2) is 40.9 Å². The van der Waals surface area contributed by atoms with E-state index in [0.29, 0.717) is 17.5 Å². The van der Waals surface area contributed by atoms with Gasteiger partial charge in [-0.2, -0.15) is 5.26 Å². The first kappa shape index (κ1) is 20.7. The van der Waals surface area contributed by atoms with Crippen LogP contribution in [-0.2, 0) is 0 Å². The van der Waals surface area contributed by atoms with Crippen molar-refractivity contribution in [3.8, 4) is 6.07 Å². The van der Waals surface area contributed by atoms with Crippen LogP contribution in [-0.4, -0.2) is 11.6 Å². The molecule has 1 unspecified atom stereocenters. The SMILES string of the molecule is Cc1cc2c(cc1/C=C(/C#N)c1cccc(Br)c1)C(C)CC(C)(C)N2C(C)C. The van der Waals surface area contributed by atoms with E-state index in [0.717, 1.165) is 22.0 Å². The van der Waals surface area contributed by atoms with E-state index in [1.165, 1.54) is 16.8 Å². The number of rotatable bonds is 3. The number of nitriles is 1. The predicted octanol–water partition coefficient (Wildman–Crippen LogP) is 7.32. The van der Waals surface area contributed by atoms with E-state index in [4.69, 9.17) is 0 Å². The molecule has 0 spiro atoms. The van der Waals surface area contributed by atoms with Gasteiger partial charge in [-0.25, -0.2) is 0 Å². The van der Waals surface area contributed by atoms with E-state index < -0.39 is 0 Å². The molecule has 1 heterocycles. The van der Waals surface area contributed by atoms with Gasteiger partial charge in [0.05, 0.1) is 11.6 Å². The molecule has 0 aliphatic carbocycles. The fourth-order valence-corrected chi connectivity index (χ4v) is 5.14. The molecule has 146 valence electrons. The summed E-state index contributed by atoms with van der Waals surface area (Å²) < 4.78 is 0.983. The molecule has 1 aliphatic rings. The third kappa shape index (κ3) is 3.89. The highest BCUT2D eigenvalue weighted by atomic mass is 79.9. The maximum atomic E-state index is 9.75. The van der Waals surface area contributed by atoms with Crippen LogP contribution >= 0.6 is 15.9 Å². The van der Waals surface area contributed by atoms with Gasteiger partial charge in [-0.05, 0) is 99.6 Å². The van der Waals surface area contributed by atoms with Gasteiger partial charge in [0.2, 0.25) is 0 Å². The van der Waals surface area contributed by atoms with Gasteiger partial charge in [0, 0.05) is 21.7 Å². The van der Waals surface area contributed by atoms with Gasteiger partial charge in [0.25, 0.3) is 0 Å². The first-order valence-corrected chi connectivity index (χ1v) is 10.7. The largest absolute Gasteiger partial charge is 0.364 e. The Bertz CT molecular complexity index is 963. The fourth-order valence-electron chi connectivity index (χ4n) is 4.74. The van der Waals surface area contributed by atoms with Crippen LogP contribution < -0.4 is 4.90 Å². The summed E-state index contributed by atoms with van der Waals surface area (Å²) in [6, 6.07) is 15.4. The second kappa shape index (κ2) is 7.76. The summed E-state index contributed by atoms with van der Waals surface area (Å²) in [5, 5.41) is 9.75. The Hall–Kier alpha value is -2.05. The van der Waals surface area contributed by atoms with E-state index in [2.05, 4.69) is 80.6 Å². The lowest BCUT2D eigenvalue weighted by Crippen LogP contribution is -2.51. The summed E-state index contributed by atoms with van der Waals surface area (Å²) in [6.07, 6.45) is 3.16. The van der Waals surface area contributed by atoms with E-state index in [9.17, 15) is 5.26 Å². The molecule has 0 saturated carbocycles. The Morgan fingerprint density at radius 2 is 2.00 bits per heavy atom. The maximum absolute atomic E-state index is 9.75. The van der Waals surface area contributed by atoms with Gasteiger partial charge in [-0.1, -0.05) is 35.0 Å². The molecule has 0 amide bonds. The quantitative estimate of drug-likeness (QED) is 0.372. The van der Waals surface area contributed by atoms with Gasteiger partial charge >= 0.3 is 0 Å². The van der Waals surface area contributed by atoms with Crippen molar-refractivity contribution in [2.75, 3.05) is 4.90 Å². The van der Waals surface area contributed by atoms with Gasteiger partial charge in [-0.15, -0.1) is 0 Å². The highest BCUT2D eigenvalue weighted by Crippen LogP contribution is 2.45. The van der Waals surface area contributed by atoms with Crippen molar-refractivity contribution in [1.29, 1.82) is 5.26 Å². The van der Waals surface area contributed by atoms with Crippen molar-refractivity contribution < 1.29 is 0 Å². The second-order valence-electron chi connectivity index (χ2n) is 8.83. The zero-order valence-corrected chi connectivity index (χ0v) is 19.3. The Kier molecular flexibility index (Phi) is 5.73. The lowest BCUT2D eigenvalue weighted by Gasteiger charge is -2.50. The van der Waals surface area contributed by atoms with Crippen molar-refractivity contribution in [2.24, 2.45) is 0 Å². The van der Waals surface area contributed by atoms with Crippen molar-refractivity contribution in [3.63, 3.8) is 0 Å². The van der Waals surface area contributed by atoms with E-state index in [1.807, 2.05) is 30.3 Å². The first-order valence-electron chi connectivity index (χ1n) is 9.95. The lowest BCUT2D eigenvalue weighted by molar-refractivity contribution is 0.356. The van der Waals surface area contributed by atoms with Crippen LogP contribution in [0, 0.1) is 18.3 Å². The minimum atomic E-state index is 0.137. The van der Waals surface area contributed by atoms with E-state index in [-0.39, 0.29) is 5.54 Å². The molecule has 2 aromatic rings. The molecule has 3 rings (SSSR count). The van der Waals surface area contributed by atoms with Gasteiger partial charge in [0.15, 0.2) is 0 Å². The average molecular weight is 437 g/mol. The lowest BCUT2D eigenvalue weighted by atomic mass is 9.78. The predicted molar refractivity (Wildman–Crippen MR) is 124 cm³/mol. The molecule has 1 atom stereocenters. The number of fused-ring (bicyclic) bond motifs is 1. The zero-order valence-electron chi connectivity index (χ0n) is 17.7. The maximum Gasteiger partial charge on any atom is 0.0998 e. The first-order chi connectivity index (χ1) is 13.1. The molecular formula is C25H29BrN2. The normalized spacial score (nSPS) is 18.8. The number of hydrogen-bond donors (Lipinski definition) is 0. The third-order valence-electron chi connectivity index (χ3n) is 5.74. The molecule has 0 bridgehead atoms. The van der Waals surface area contributed by atoms with Crippen LogP contribution in [0.4, 0.5) is 5.69 Å². The summed E-state index contributed by atoms with van der Waals surface area (Å²) in [7, 11) is 0. The molecule has 0 fully saturated rings. The molecule has 0 N–H and O–H groups in total. The third-order valence-corrected chi connectivity index (χ3v) is 6.23. The number of nitrogens with zero attached hydrogens (tertiary/aromatic N) is 2. The Morgan fingerprint density at radius 1 is 1.29 bits per heavy atom. The number of halogens is 1. The van der Waals surface area contributed by atoms with Crippen molar-refractivity contribution in [1.82, 2.24) is 0 Å². The molecule has 2 nitrogen and oxygen atoms in total. The summed E-state index contributed by atoms with van der Waals surface area (Å²) in [4.78, 5) is 2.56. The molecule has 1 aliphatic heterocycles. The topological polar surface area (TPSA) is 27.0 Å². The zero-order chi connectivity index (χ0) is 20.6. The highest BCUT2D eigenvalue weighted by molar-refractivity contribution is 9.10. The molecule has 0 radical (unpaired) electrons. The molecule has 28 heavy (non-hydrogen) atoms. The number of benzene rings is 2. The molecule has 0 aromatic heterocycles. The summed E-state index contributed by atoms with van der Waals surface area (Å²) in [6.45, 7) is 13.7. The van der Waals surface area contributed by atoms with Gasteiger partial charge < -0.3 is 4.90 Å². The molecule has 2 aromatic carbocycles. The molecular weight excluding hydrogens is 408 g/mol. The summed E-state index contributed by atoms with van der Waals surface area (Å²) >= 11 is 3.51. The molecule has 0 saturated heterocycles. The summed E-state index contributed by atoms with van der Waals surface area (Å²) in [5.74, 6) is 0.490. The monoisotopic (exact) mass is 436 g/mol. The minimum Gasteiger partial charge on any atom is -0.364 e. The van der Waals surface area contributed by atoms with E-state index >= 15 is 0 Å². The van der Waals surface area contributed by atoms with Gasteiger partial charge in [-0.3, -0.25) is 0 Å². The average Bonchev–Trinajstić information content (AvgIpc) is 2.59. The standard InChI is InChI=1S/C25H29BrN2/c1-16(2)28-24-10-17(3)20(13-23(24)18(4)14-25(28,5)6)11-21(15-27)19-8-7-9-22(26)12-19/h7-13,16,18H,14H2,1-6H3/b21-11-. The summed E-state index contributed by atoms with van der Waals surface area (Å²) in [5.41, 5.74) is 6.83. The van der Waals surface area contributed by atoms with Crippen LogP contribution in [0.3, 0.4) is 0 Å². The van der Waals surface area contributed by atoms with Gasteiger partial charge in [0.1, 0.15) is 0 Å². The van der Waals surface area contributed by atoms with Crippen molar-refractivity contribution in [2.45, 2.75) is 65.5 Å². The Balaban J connectivity index is 2.13. The highest BCUT2D eigenvalue weighted by Gasteiger charge is 2.37. The van der Waals surface area contributed by atoms with Crippen molar-refractivity contribution >= 4 is 33.3 Å². The Morgan fingerprint density at radius 3 is 2.61 bits per heavy atom. The number of allylic oxidation sites excluding steroid dienone is 1. The second-order valence-corrected chi connectivity index (χ2v) is 9.74. The minimum absolute atomic E-state index is 0.137. The van der Waals surface area contributed by atoms with Crippen molar-refractivity contribution in [3.05, 3.63) is 63.1 Å². The number of anilines is 1. The number of hydrogen-bond acceptors (Lipinski definition) is 2. The smallest absolute Gasteiger partial charge is 0.0998 e. The van der Waals surface area contributed by atoms with Crippen LogP contribution in [0.5, 0.6) is 0 Å². The van der Waals surface area contributed by atoms with Crippen LogP contribution in [0.1, 0.15) is 69.2 Å². The fraction of sp³-hybridized carbons (Fsp3) is 0.400. The van der Waals surface area contributed by atoms with E-state index in [1.54, 1.807) is 0 Å². The number of aryl methyl sites for hydroxylation is 1. The molecule has 3 heteroatoms. The Labute approximate surface area is 178 Å². The van der Waals surface area contributed by atoms with Crippen LogP contribution in [0.25, 0.3) is 11.6 Å². The van der Waals surface area contributed by atoms with Crippen LogP contribution in [0.2, 0.25) is 0 Å².